The fraction of sp³-hybridized carbons (Fsp3) is 0.850. The number of allylic oxidation sites excluding steroid dienone is 3. The molecule has 0 heteroatoms. The first-order valence-electron chi connectivity index (χ1n) is 18.0. The molecule has 0 amide bonds. The highest BCUT2D eigenvalue weighted by Crippen LogP contribution is 2.48. The second kappa shape index (κ2) is 17.4. The van der Waals surface area contributed by atoms with Gasteiger partial charge >= 0.3 is 0 Å². The van der Waals surface area contributed by atoms with Crippen LogP contribution in [0.5, 0.6) is 0 Å². The van der Waals surface area contributed by atoms with Gasteiger partial charge in [0.05, 0.1) is 0 Å². The Morgan fingerprint density at radius 1 is 0.775 bits per heavy atom. The molecule has 0 nitrogen and oxygen atoms in total. The zero-order valence-corrected chi connectivity index (χ0v) is 28.6. The van der Waals surface area contributed by atoms with E-state index in [1.54, 1.807) is 0 Å². The SMILES string of the molecule is C=CC1(C)CCC(C)C(CC)CC(CC)(CC)CCC(CC(=C)C(=C)CCCCC2CC(CCCC)CC2C)C1. The van der Waals surface area contributed by atoms with Gasteiger partial charge in [-0.25, -0.2) is 0 Å². The highest BCUT2D eigenvalue weighted by molar-refractivity contribution is 5.25. The average Bonchev–Trinajstić information content (AvgIpc) is 3.30. The molecule has 0 heterocycles. The Labute approximate surface area is 253 Å². The summed E-state index contributed by atoms with van der Waals surface area (Å²) >= 11 is 0. The van der Waals surface area contributed by atoms with Crippen LogP contribution < -0.4 is 0 Å². The molecule has 0 aromatic carbocycles. The van der Waals surface area contributed by atoms with Gasteiger partial charge in [0.15, 0.2) is 0 Å². The van der Waals surface area contributed by atoms with Gasteiger partial charge in [0, 0.05) is 0 Å². The summed E-state index contributed by atoms with van der Waals surface area (Å²) in [7, 11) is 0. The van der Waals surface area contributed by atoms with E-state index in [0.29, 0.717) is 11.3 Å². The van der Waals surface area contributed by atoms with Gasteiger partial charge in [0.25, 0.3) is 0 Å². The first-order chi connectivity index (χ1) is 19.0. The lowest BCUT2D eigenvalue weighted by Crippen LogP contribution is -2.26. The van der Waals surface area contributed by atoms with Crippen LogP contribution in [0.2, 0.25) is 0 Å². The molecule has 0 aromatic rings. The van der Waals surface area contributed by atoms with E-state index in [-0.39, 0.29) is 5.41 Å². The van der Waals surface area contributed by atoms with Crippen LogP contribution in [0.15, 0.2) is 37.0 Å². The van der Waals surface area contributed by atoms with Gasteiger partial charge in [0.2, 0.25) is 0 Å². The van der Waals surface area contributed by atoms with Crippen molar-refractivity contribution in [3.8, 4) is 0 Å². The van der Waals surface area contributed by atoms with Crippen molar-refractivity contribution in [1.82, 2.24) is 0 Å². The molecule has 0 spiro atoms. The van der Waals surface area contributed by atoms with Crippen LogP contribution in [-0.2, 0) is 0 Å². The molecule has 0 bridgehead atoms. The van der Waals surface area contributed by atoms with Crippen molar-refractivity contribution >= 4 is 0 Å². The Bertz CT molecular complexity index is 752. The third-order valence-corrected chi connectivity index (χ3v) is 12.5. The van der Waals surface area contributed by atoms with Crippen LogP contribution in [0.3, 0.4) is 0 Å². The minimum atomic E-state index is 0.233. The number of unbranched alkanes of at least 4 members (excludes halogenated alkanes) is 2. The molecule has 232 valence electrons. The smallest absolute Gasteiger partial charge is 0.0146 e. The van der Waals surface area contributed by atoms with Gasteiger partial charge in [-0.1, -0.05) is 130 Å². The van der Waals surface area contributed by atoms with Gasteiger partial charge in [-0.3, -0.25) is 0 Å². The fourth-order valence-electron chi connectivity index (χ4n) is 8.85. The molecule has 0 N–H and O–H groups in total. The average molecular weight is 553 g/mol. The third kappa shape index (κ3) is 10.8. The van der Waals surface area contributed by atoms with E-state index in [4.69, 9.17) is 0 Å². The minimum absolute atomic E-state index is 0.233. The number of hydrogen-bond acceptors (Lipinski definition) is 0. The van der Waals surface area contributed by atoms with Crippen LogP contribution in [0.1, 0.15) is 170 Å². The van der Waals surface area contributed by atoms with E-state index in [0.717, 1.165) is 42.4 Å². The van der Waals surface area contributed by atoms with Crippen molar-refractivity contribution in [3.63, 3.8) is 0 Å². The van der Waals surface area contributed by atoms with Crippen molar-refractivity contribution in [2.24, 2.45) is 46.3 Å². The summed E-state index contributed by atoms with van der Waals surface area (Å²) in [6.45, 7) is 30.8. The van der Waals surface area contributed by atoms with Crippen molar-refractivity contribution in [2.45, 2.75) is 170 Å². The lowest BCUT2D eigenvalue weighted by Gasteiger charge is -2.38. The Kier molecular flexibility index (Phi) is 15.4. The van der Waals surface area contributed by atoms with E-state index in [1.165, 1.54) is 120 Å². The van der Waals surface area contributed by atoms with Crippen LogP contribution in [-0.4, -0.2) is 0 Å². The Morgan fingerprint density at radius 2 is 1.50 bits per heavy atom. The van der Waals surface area contributed by atoms with Crippen LogP contribution in [0, 0.1) is 46.3 Å². The van der Waals surface area contributed by atoms with Crippen LogP contribution >= 0.6 is 0 Å². The van der Waals surface area contributed by atoms with E-state index < -0.39 is 0 Å². The monoisotopic (exact) mass is 553 g/mol. The first kappa shape index (κ1) is 35.4. The number of rotatable bonds is 15. The summed E-state index contributed by atoms with van der Waals surface area (Å²) in [6.07, 6.45) is 27.9. The highest BCUT2D eigenvalue weighted by Gasteiger charge is 2.35. The molecule has 7 atom stereocenters. The molecule has 2 rings (SSSR count). The van der Waals surface area contributed by atoms with Crippen molar-refractivity contribution in [1.29, 1.82) is 0 Å². The van der Waals surface area contributed by atoms with Gasteiger partial charge in [0.1, 0.15) is 0 Å². The third-order valence-electron chi connectivity index (χ3n) is 12.5. The maximum atomic E-state index is 4.63. The fourth-order valence-corrected chi connectivity index (χ4v) is 8.85. The second-order valence-corrected chi connectivity index (χ2v) is 15.4. The van der Waals surface area contributed by atoms with E-state index in [1.807, 2.05) is 0 Å². The zero-order valence-electron chi connectivity index (χ0n) is 28.6. The molecule has 0 radical (unpaired) electrons. The molecular weight excluding hydrogens is 480 g/mol. The van der Waals surface area contributed by atoms with Gasteiger partial charge in [-0.15, -0.1) is 6.58 Å². The van der Waals surface area contributed by atoms with E-state index in [2.05, 4.69) is 74.3 Å². The number of hydrogen-bond donors (Lipinski definition) is 0. The standard InChI is InChI=1S/C40H72/c1-11-16-20-35-27-34(9)38(28-35)21-18-17-19-31(6)33(8)26-36-23-25-40(14-4,15-5)30-37(12-2)32(7)22-24-39(10,13-3)29-36/h13,32,34-38H,3,6,8,11-12,14-30H2,1-2,4-5,7,9-10H3. The van der Waals surface area contributed by atoms with E-state index in [9.17, 15) is 0 Å². The van der Waals surface area contributed by atoms with Crippen molar-refractivity contribution in [2.75, 3.05) is 0 Å². The summed E-state index contributed by atoms with van der Waals surface area (Å²) in [6, 6.07) is 0. The quantitative estimate of drug-likeness (QED) is 0.108. The van der Waals surface area contributed by atoms with Gasteiger partial charge in [-0.2, -0.15) is 0 Å². The predicted octanol–water partition coefficient (Wildman–Crippen LogP) is 13.5. The molecule has 0 aromatic heterocycles. The lowest BCUT2D eigenvalue weighted by atomic mass is 9.67. The Hall–Kier alpha value is -0.780. The van der Waals surface area contributed by atoms with Crippen molar-refractivity contribution < 1.29 is 0 Å². The molecule has 2 aliphatic rings. The molecule has 2 aliphatic carbocycles. The molecular formula is C40H72. The topological polar surface area (TPSA) is 0 Å². The predicted molar refractivity (Wildman–Crippen MR) is 182 cm³/mol. The Morgan fingerprint density at radius 3 is 2.12 bits per heavy atom. The van der Waals surface area contributed by atoms with Crippen LogP contribution in [0.25, 0.3) is 0 Å². The minimum Gasteiger partial charge on any atom is -0.103 e. The van der Waals surface area contributed by atoms with Crippen LogP contribution in [0.4, 0.5) is 0 Å². The molecule has 0 aliphatic heterocycles. The molecule has 40 heavy (non-hydrogen) atoms. The zero-order chi connectivity index (χ0) is 29.8. The Balaban J connectivity index is 1.96. The van der Waals surface area contributed by atoms with E-state index >= 15 is 0 Å². The largest absolute Gasteiger partial charge is 0.103 e. The summed E-state index contributed by atoms with van der Waals surface area (Å²) in [5, 5.41) is 0. The highest BCUT2D eigenvalue weighted by atomic mass is 14.4. The summed E-state index contributed by atoms with van der Waals surface area (Å²) in [4.78, 5) is 0. The summed E-state index contributed by atoms with van der Waals surface area (Å²) in [5.41, 5.74) is 3.43. The maximum Gasteiger partial charge on any atom is -0.0146 e. The summed E-state index contributed by atoms with van der Waals surface area (Å²) < 4.78 is 0. The first-order valence-corrected chi connectivity index (χ1v) is 18.0. The molecule has 2 fully saturated rings. The molecule has 7 unspecified atom stereocenters. The normalized spacial score (nSPS) is 33.3. The summed E-state index contributed by atoms with van der Waals surface area (Å²) in [5.74, 6) is 5.27. The van der Waals surface area contributed by atoms with Gasteiger partial charge in [-0.05, 0) is 117 Å². The lowest BCUT2D eigenvalue weighted by molar-refractivity contribution is 0.135. The second-order valence-electron chi connectivity index (χ2n) is 15.4. The molecule has 2 saturated carbocycles. The van der Waals surface area contributed by atoms with Gasteiger partial charge < -0.3 is 0 Å². The maximum absolute atomic E-state index is 4.63. The molecule has 0 saturated heterocycles. The van der Waals surface area contributed by atoms with Crippen molar-refractivity contribution in [3.05, 3.63) is 37.0 Å².